The van der Waals surface area contributed by atoms with Crippen LogP contribution >= 0.6 is 0 Å². The molecular weight excluding hydrogens is 264 g/mol. The molecule has 0 spiro atoms. The van der Waals surface area contributed by atoms with Gasteiger partial charge in [0.25, 0.3) is 0 Å². The van der Waals surface area contributed by atoms with E-state index in [1.54, 1.807) is 0 Å². The molecule has 1 amide bonds. The smallest absolute Gasteiger partial charge is 0.407 e. The average molecular weight is 290 g/mol. The van der Waals surface area contributed by atoms with Gasteiger partial charge < -0.3 is 15.4 Å². The Morgan fingerprint density at radius 2 is 1.81 bits per heavy atom. The standard InChI is InChI=1S/C17H26N2O2/c1-17(2,3)21-16(20)19-13-8-7-12-18-14-11-15-9-5-4-6-10-15/h4-10,18H,11-14H2,1-3H3,(H,19,20)/b8-7+. The largest absolute Gasteiger partial charge is 0.444 e. The Morgan fingerprint density at radius 1 is 1.14 bits per heavy atom. The molecule has 4 heteroatoms. The van der Waals surface area contributed by atoms with E-state index in [1.165, 1.54) is 5.56 Å². The van der Waals surface area contributed by atoms with Crippen molar-refractivity contribution in [2.24, 2.45) is 0 Å². The molecule has 1 aromatic carbocycles. The van der Waals surface area contributed by atoms with Crippen molar-refractivity contribution in [2.75, 3.05) is 19.6 Å². The third-order valence-electron chi connectivity index (χ3n) is 2.63. The van der Waals surface area contributed by atoms with Crippen LogP contribution < -0.4 is 10.6 Å². The van der Waals surface area contributed by atoms with Crippen molar-refractivity contribution < 1.29 is 9.53 Å². The topological polar surface area (TPSA) is 50.4 Å². The number of ether oxygens (including phenoxy) is 1. The Morgan fingerprint density at radius 3 is 2.48 bits per heavy atom. The van der Waals surface area contributed by atoms with Crippen LogP contribution in [0.2, 0.25) is 0 Å². The second-order valence-electron chi connectivity index (χ2n) is 5.79. The molecule has 0 atom stereocenters. The zero-order valence-corrected chi connectivity index (χ0v) is 13.2. The minimum atomic E-state index is -0.452. The summed E-state index contributed by atoms with van der Waals surface area (Å²) in [7, 11) is 0. The zero-order valence-electron chi connectivity index (χ0n) is 13.2. The molecule has 0 heterocycles. The summed E-state index contributed by atoms with van der Waals surface area (Å²) in [5.74, 6) is 0. The number of hydrogen-bond acceptors (Lipinski definition) is 3. The SMILES string of the molecule is CC(C)(C)OC(=O)NC/C=C/CNCCc1ccccc1. The van der Waals surface area contributed by atoms with Gasteiger partial charge in [-0.15, -0.1) is 0 Å². The molecule has 21 heavy (non-hydrogen) atoms. The molecule has 0 saturated heterocycles. The van der Waals surface area contributed by atoms with Crippen molar-refractivity contribution in [2.45, 2.75) is 32.8 Å². The van der Waals surface area contributed by atoms with Crippen LogP contribution in [-0.2, 0) is 11.2 Å². The van der Waals surface area contributed by atoms with Gasteiger partial charge in [0.15, 0.2) is 0 Å². The van der Waals surface area contributed by atoms with Gasteiger partial charge in [-0.3, -0.25) is 0 Å². The first-order chi connectivity index (χ1) is 9.97. The van der Waals surface area contributed by atoms with Gasteiger partial charge in [-0.05, 0) is 39.3 Å². The minimum absolute atomic E-state index is 0.385. The summed E-state index contributed by atoms with van der Waals surface area (Å²) in [5, 5.41) is 6.01. The number of nitrogens with one attached hydrogen (secondary N) is 2. The van der Waals surface area contributed by atoms with Crippen LogP contribution in [0.25, 0.3) is 0 Å². The predicted molar refractivity (Wildman–Crippen MR) is 86.4 cm³/mol. The van der Waals surface area contributed by atoms with E-state index in [-0.39, 0.29) is 6.09 Å². The van der Waals surface area contributed by atoms with E-state index in [0.717, 1.165) is 19.5 Å². The van der Waals surface area contributed by atoms with E-state index in [0.29, 0.717) is 6.54 Å². The molecule has 1 aromatic rings. The molecule has 0 aliphatic rings. The van der Waals surface area contributed by atoms with Gasteiger partial charge in [-0.2, -0.15) is 0 Å². The number of carbonyl (C=O) groups excluding carboxylic acids is 1. The summed E-state index contributed by atoms with van der Waals surface area (Å²) in [6.07, 6.45) is 4.55. The van der Waals surface area contributed by atoms with Crippen molar-refractivity contribution in [3.8, 4) is 0 Å². The Kier molecular flexibility index (Phi) is 7.54. The lowest BCUT2D eigenvalue weighted by molar-refractivity contribution is 0.0534. The van der Waals surface area contributed by atoms with Crippen LogP contribution in [0, 0.1) is 0 Å². The Balaban J connectivity index is 2.01. The van der Waals surface area contributed by atoms with Crippen molar-refractivity contribution in [1.82, 2.24) is 10.6 Å². The maximum Gasteiger partial charge on any atom is 0.407 e. The van der Waals surface area contributed by atoms with Crippen LogP contribution in [0.3, 0.4) is 0 Å². The minimum Gasteiger partial charge on any atom is -0.444 e. The predicted octanol–water partition coefficient (Wildman–Crippen LogP) is 2.90. The van der Waals surface area contributed by atoms with Crippen LogP contribution in [0.15, 0.2) is 42.5 Å². The molecule has 4 nitrogen and oxygen atoms in total. The highest BCUT2D eigenvalue weighted by Gasteiger charge is 2.14. The number of benzene rings is 1. The highest BCUT2D eigenvalue weighted by atomic mass is 16.6. The van der Waals surface area contributed by atoms with Crippen LogP contribution in [0.5, 0.6) is 0 Å². The van der Waals surface area contributed by atoms with E-state index in [1.807, 2.05) is 39.0 Å². The quantitative estimate of drug-likeness (QED) is 0.599. The van der Waals surface area contributed by atoms with E-state index < -0.39 is 5.60 Å². The summed E-state index contributed by atoms with van der Waals surface area (Å²) >= 11 is 0. The number of hydrogen-bond donors (Lipinski definition) is 2. The summed E-state index contributed by atoms with van der Waals surface area (Å²) < 4.78 is 5.13. The van der Waals surface area contributed by atoms with Gasteiger partial charge in [0.05, 0.1) is 0 Å². The molecule has 0 bridgehead atoms. The van der Waals surface area contributed by atoms with Gasteiger partial charge in [-0.25, -0.2) is 4.79 Å². The summed E-state index contributed by atoms with van der Waals surface area (Å²) in [6, 6.07) is 10.4. The van der Waals surface area contributed by atoms with Gasteiger partial charge in [-0.1, -0.05) is 42.5 Å². The number of alkyl carbamates (subject to hydrolysis) is 1. The maximum absolute atomic E-state index is 11.4. The number of amides is 1. The first kappa shape index (κ1) is 17.2. The third kappa shape index (κ3) is 9.68. The molecule has 0 unspecified atom stereocenters. The lowest BCUT2D eigenvalue weighted by atomic mass is 10.1. The molecule has 0 fully saturated rings. The van der Waals surface area contributed by atoms with E-state index in [4.69, 9.17) is 4.74 Å². The van der Waals surface area contributed by atoms with Crippen LogP contribution in [0.1, 0.15) is 26.3 Å². The monoisotopic (exact) mass is 290 g/mol. The Bertz CT molecular complexity index is 436. The van der Waals surface area contributed by atoms with Crippen molar-refractivity contribution in [1.29, 1.82) is 0 Å². The number of rotatable bonds is 7. The van der Waals surface area contributed by atoms with Crippen LogP contribution in [-0.4, -0.2) is 31.3 Å². The second-order valence-corrected chi connectivity index (χ2v) is 5.79. The molecule has 0 aliphatic carbocycles. The summed E-state index contributed by atoms with van der Waals surface area (Å²) in [6.45, 7) is 7.75. The first-order valence-electron chi connectivity index (χ1n) is 7.34. The molecule has 0 aliphatic heterocycles. The fourth-order valence-corrected chi connectivity index (χ4v) is 1.69. The van der Waals surface area contributed by atoms with E-state index in [9.17, 15) is 4.79 Å². The van der Waals surface area contributed by atoms with Crippen molar-refractivity contribution >= 4 is 6.09 Å². The summed E-state index contributed by atoms with van der Waals surface area (Å²) in [4.78, 5) is 11.4. The summed E-state index contributed by atoms with van der Waals surface area (Å²) in [5.41, 5.74) is 0.882. The second kappa shape index (κ2) is 9.19. The lowest BCUT2D eigenvalue weighted by Crippen LogP contribution is -2.32. The number of carbonyl (C=O) groups is 1. The third-order valence-corrected chi connectivity index (χ3v) is 2.63. The van der Waals surface area contributed by atoms with Gasteiger partial charge in [0.2, 0.25) is 0 Å². The molecule has 2 N–H and O–H groups in total. The highest BCUT2D eigenvalue weighted by molar-refractivity contribution is 5.67. The van der Waals surface area contributed by atoms with Crippen molar-refractivity contribution in [3.63, 3.8) is 0 Å². The molecule has 1 rings (SSSR count). The molecule has 0 saturated carbocycles. The van der Waals surface area contributed by atoms with Gasteiger partial charge in [0, 0.05) is 13.1 Å². The molecular formula is C17H26N2O2. The lowest BCUT2D eigenvalue weighted by Gasteiger charge is -2.19. The highest BCUT2D eigenvalue weighted by Crippen LogP contribution is 2.06. The molecule has 116 valence electrons. The fourth-order valence-electron chi connectivity index (χ4n) is 1.69. The van der Waals surface area contributed by atoms with Gasteiger partial charge in [0.1, 0.15) is 5.60 Å². The van der Waals surface area contributed by atoms with Crippen molar-refractivity contribution in [3.05, 3.63) is 48.0 Å². The van der Waals surface area contributed by atoms with Crippen LogP contribution in [0.4, 0.5) is 4.79 Å². The van der Waals surface area contributed by atoms with Gasteiger partial charge >= 0.3 is 6.09 Å². The van der Waals surface area contributed by atoms with E-state index in [2.05, 4.69) is 34.9 Å². The first-order valence-corrected chi connectivity index (χ1v) is 7.34. The molecule has 0 aromatic heterocycles. The fraction of sp³-hybridized carbons (Fsp3) is 0.471. The normalized spacial score (nSPS) is 11.6. The Hall–Kier alpha value is -1.81. The molecule has 0 radical (unpaired) electrons. The van der Waals surface area contributed by atoms with E-state index >= 15 is 0 Å². The maximum atomic E-state index is 11.4. The zero-order chi connectivity index (χ0) is 15.6. The average Bonchev–Trinajstić information content (AvgIpc) is 2.41. The Labute approximate surface area is 127 Å².